The second kappa shape index (κ2) is 6.01. The fourth-order valence-corrected chi connectivity index (χ4v) is 0.899. The van der Waals surface area contributed by atoms with E-state index in [0.717, 1.165) is 19.3 Å². The molecule has 0 amide bonds. The summed E-state index contributed by atoms with van der Waals surface area (Å²) in [5, 5.41) is 8.98. The molecule has 0 fully saturated rings. The van der Waals surface area contributed by atoms with Crippen LogP contribution in [0.25, 0.3) is 0 Å². The molecule has 0 rings (SSSR count). The number of allylic oxidation sites excluding steroid dienone is 1. The standard InChI is InChI=1S/C6H11O6P/c1-11-13(9,10)12-5-6(8)3-2-4-7/h2-4,6,8H,5H2,1H3,(H,9,10)/b3-2+. The highest BCUT2D eigenvalue weighted by molar-refractivity contribution is 7.47. The van der Waals surface area contributed by atoms with E-state index >= 15 is 0 Å². The number of phosphoric ester groups is 1. The summed E-state index contributed by atoms with van der Waals surface area (Å²) < 4.78 is 19.1. The van der Waals surface area contributed by atoms with Crippen molar-refractivity contribution in [2.75, 3.05) is 13.7 Å². The third-order valence-electron chi connectivity index (χ3n) is 1.05. The molecule has 0 heterocycles. The number of aliphatic hydroxyl groups is 1. The highest BCUT2D eigenvalue weighted by Gasteiger charge is 2.19. The third-order valence-corrected chi connectivity index (χ3v) is 1.99. The summed E-state index contributed by atoms with van der Waals surface area (Å²) in [4.78, 5) is 18.5. The molecule has 0 spiro atoms. The summed E-state index contributed by atoms with van der Waals surface area (Å²) in [5.41, 5.74) is 0. The molecule has 0 aliphatic rings. The van der Waals surface area contributed by atoms with E-state index in [2.05, 4.69) is 9.05 Å². The fraction of sp³-hybridized carbons (Fsp3) is 0.500. The van der Waals surface area contributed by atoms with Crippen molar-refractivity contribution in [3.8, 4) is 0 Å². The van der Waals surface area contributed by atoms with Crippen molar-refractivity contribution in [1.29, 1.82) is 0 Å². The van der Waals surface area contributed by atoms with Crippen LogP contribution in [0.2, 0.25) is 0 Å². The Bertz CT molecular complexity index is 225. The number of hydrogen-bond acceptors (Lipinski definition) is 5. The van der Waals surface area contributed by atoms with Crippen LogP contribution < -0.4 is 0 Å². The quantitative estimate of drug-likeness (QED) is 0.360. The van der Waals surface area contributed by atoms with E-state index in [1.165, 1.54) is 0 Å². The fourth-order valence-electron chi connectivity index (χ4n) is 0.452. The first kappa shape index (κ1) is 12.5. The molecule has 13 heavy (non-hydrogen) atoms. The number of carbonyl (C=O) groups is 1. The van der Waals surface area contributed by atoms with E-state index in [-0.39, 0.29) is 0 Å². The van der Waals surface area contributed by atoms with Crippen LogP contribution in [0.4, 0.5) is 0 Å². The van der Waals surface area contributed by atoms with Gasteiger partial charge in [-0.15, -0.1) is 0 Å². The van der Waals surface area contributed by atoms with Crippen LogP contribution in [0.15, 0.2) is 12.2 Å². The average molecular weight is 210 g/mol. The first-order chi connectivity index (χ1) is 6.02. The first-order valence-electron chi connectivity index (χ1n) is 3.35. The lowest BCUT2D eigenvalue weighted by atomic mass is 10.3. The van der Waals surface area contributed by atoms with Gasteiger partial charge in [0.2, 0.25) is 0 Å². The Hall–Kier alpha value is -0.520. The van der Waals surface area contributed by atoms with Gasteiger partial charge in [0.05, 0.1) is 12.7 Å². The summed E-state index contributed by atoms with van der Waals surface area (Å²) in [5.74, 6) is 0. The van der Waals surface area contributed by atoms with E-state index in [4.69, 9.17) is 10.00 Å². The molecule has 0 bridgehead atoms. The molecular weight excluding hydrogens is 199 g/mol. The molecule has 0 saturated carbocycles. The van der Waals surface area contributed by atoms with Gasteiger partial charge in [0.25, 0.3) is 0 Å². The van der Waals surface area contributed by atoms with Crippen LogP contribution in [-0.4, -0.2) is 36.1 Å². The van der Waals surface area contributed by atoms with Crippen molar-refractivity contribution in [3.63, 3.8) is 0 Å². The Morgan fingerprint density at radius 3 is 2.69 bits per heavy atom. The van der Waals surface area contributed by atoms with Crippen molar-refractivity contribution >= 4 is 14.1 Å². The van der Waals surface area contributed by atoms with Gasteiger partial charge in [-0.1, -0.05) is 6.08 Å². The van der Waals surface area contributed by atoms with Crippen LogP contribution in [0.3, 0.4) is 0 Å². The monoisotopic (exact) mass is 210 g/mol. The zero-order valence-electron chi connectivity index (χ0n) is 6.99. The van der Waals surface area contributed by atoms with Crippen molar-refractivity contribution in [1.82, 2.24) is 0 Å². The normalized spacial score (nSPS) is 18.4. The van der Waals surface area contributed by atoms with Crippen LogP contribution in [-0.2, 0) is 18.4 Å². The highest BCUT2D eigenvalue weighted by Crippen LogP contribution is 2.41. The summed E-state index contributed by atoms with van der Waals surface area (Å²) in [6.45, 7) is -0.411. The topological polar surface area (TPSA) is 93.1 Å². The molecule has 7 heteroatoms. The lowest BCUT2D eigenvalue weighted by Crippen LogP contribution is -2.11. The Morgan fingerprint density at radius 2 is 2.23 bits per heavy atom. The van der Waals surface area contributed by atoms with E-state index in [1.54, 1.807) is 0 Å². The van der Waals surface area contributed by atoms with Gasteiger partial charge >= 0.3 is 7.82 Å². The second-order valence-electron chi connectivity index (χ2n) is 2.04. The lowest BCUT2D eigenvalue weighted by Gasteiger charge is -2.10. The molecule has 0 radical (unpaired) electrons. The Kier molecular flexibility index (Phi) is 5.77. The van der Waals surface area contributed by atoms with Crippen LogP contribution in [0, 0.1) is 0 Å². The lowest BCUT2D eigenvalue weighted by molar-refractivity contribution is -0.104. The SMILES string of the molecule is COP(=O)(O)OCC(O)/C=C/C=O. The molecule has 0 saturated heterocycles. The maximum atomic E-state index is 10.7. The molecule has 76 valence electrons. The minimum atomic E-state index is -4.04. The molecule has 2 unspecified atom stereocenters. The smallest absolute Gasteiger partial charge is 0.387 e. The van der Waals surface area contributed by atoms with Gasteiger partial charge in [-0.25, -0.2) is 4.57 Å². The Labute approximate surface area is 75.4 Å². The maximum absolute atomic E-state index is 10.7. The zero-order chi connectivity index (χ0) is 10.3. The minimum absolute atomic E-state index is 0.411. The summed E-state index contributed by atoms with van der Waals surface area (Å²) in [6.07, 6.45) is 1.55. The van der Waals surface area contributed by atoms with E-state index in [9.17, 15) is 9.36 Å². The number of phosphoric acid groups is 1. The van der Waals surface area contributed by atoms with Crippen LogP contribution >= 0.6 is 7.82 Å². The first-order valence-corrected chi connectivity index (χ1v) is 4.84. The molecule has 0 aromatic rings. The summed E-state index contributed by atoms with van der Waals surface area (Å²) in [7, 11) is -3.03. The van der Waals surface area contributed by atoms with Crippen molar-refractivity contribution in [2.24, 2.45) is 0 Å². The van der Waals surface area contributed by atoms with Gasteiger partial charge in [-0.2, -0.15) is 0 Å². The summed E-state index contributed by atoms with van der Waals surface area (Å²) in [6, 6.07) is 0. The predicted molar refractivity (Wildman–Crippen MR) is 44.0 cm³/mol. The summed E-state index contributed by atoms with van der Waals surface area (Å²) >= 11 is 0. The van der Waals surface area contributed by atoms with Gasteiger partial charge in [0, 0.05) is 7.11 Å². The van der Waals surface area contributed by atoms with E-state index in [1.807, 2.05) is 0 Å². The van der Waals surface area contributed by atoms with Crippen LogP contribution in [0.1, 0.15) is 0 Å². The molecule has 0 aromatic heterocycles. The molecule has 2 atom stereocenters. The van der Waals surface area contributed by atoms with Crippen molar-refractivity contribution < 1.29 is 28.4 Å². The van der Waals surface area contributed by atoms with E-state index in [0.29, 0.717) is 6.29 Å². The highest BCUT2D eigenvalue weighted by atomic mass is 31.2. The molecule has 0 aliphatic carbocycles. The predicted octanol–water partition coefficient (Wildman–Crippen LogP) is -0.134. The molecule has 6 nitrogen and oxygen atoms in total. The molecular formula is C6H11O6P. The number of hydrogen-bond donors (Lipinski definition) is 2. The maximum Gasteiger partial charge on any atom is 0.472 e. The largest absolute Gasteiger partial charge is 0.472 e. The third kappa shape index (κ3) is 6.62. The Morgan fingerprint density at radius 1 is 1.62 bits per heavy atom. The van der Waals surface area contributed by atoms with Gasteiger partial charge in [-0.3, -0.25) is 13.8 Å². The second-order valence-corrected chi connectivity index (χ2v) is 3.60. The average Bonchev–Trinajstić information content (AvgIpc) is 2.11. The van der Waals surface area contributed by atoms with Gasteiger partial charge in [-0.05, 0) is 6.08 Å². The molecule has 2 N–H and O–H groups in total. The number of carbonyl (C=O) groups excluding carboxylic acids is 1. The number of aldehydes is 1. The minimum Gasteiger partial charge on any atom is -0.387 e. The number of aliphatic hydroxyl groups excluding tert-OH is 1. The Balaban J connectivity index is 3.82. The number of rotatable bonds is 6. The van der Waals surface area contributed by atoms with Gasteiger partial charge < -0.3 is 10.00 Å². The van der Waals surface area contributed by atoms with Gasteiger partial charge in [0.15, 0.2) is 0 Å². The van der Waals surface area contributed by atoms with Crippen LogP contribution in [0.5, 0.6) is 0 Å². The van der Waals surface area contributed by atoms with E-state index < -0.39 is 20.5 Å². The van der Waals surface area contributed by atoms with Crippen molar-refractivity contribution in [3.05, 3.63) is 12.2 Å². The molecule has 0 aliphatic heterocycles. The molecule has 0 aromatic carbocycles. The zero-order valence-corrected chi connectivity index (χ0v) is 7.89. The van der Waals surface area contributed by atoms with Gasteiger partial charge in [0.1, 0.15) is 6.29 Å². The van der Waals surface area contributed by atoms with Crippen molar-refractivity contribution in [2.45, 2.75) is 6.10 Å².